The Labute approximate surface area is 62.7 Å². The van der Waals surface area contributed by atoms with Crippen LogP contribution in [0, 0.1) is 0 Å². The number of nitrogens with zero attached hydrogens (tertiary/aromatic N) is 3. The topological polar surface area (TPSA) is 65.8 Å². The fourth-order valence-corrected chi connectivity index (χ4v) is 0.638. The minimum atomic E-state index is -0.107. The molecule has 0 fully saturated rings. The van der Waals surface area contributed by atoms with Crippen LogP contribution in [-0.2, 0) is 0 Å². The van der Waals surface area contributed by atoms with Gasteiger partial charge in [0, 0.05) is 10.6 Å². The van der Waals surface area contributed by atoms with Gasteiger partial charge >= 0.3 is 0 Å². The first-order chi connectivity index (χ1) is 5.33. The predicted molar refractivity (Wildman–Crippen MR) is 41.5 cm³/mol. The van der Waals surface area contributed by atoms with Crippen molar-refractivity contribution in [1.82, 2.24) is 0 Å². The van der Waals surface area contributed by atoms with Crippen LogP contribution in [0.5, 0.6) is 0 Å². The van der Waals surface area contributed by atoms with Crippen LogP contribution in [0.25, 0.3) is 10.4 Å². The van der Waals surface area contributed by atoms with Gasteiger partial charge in [0.1, 0.15) is 0 Å². The van der Waals surface area contributed by atoms with E-state index in [1.54, 1.807) is 12.1 Å². The maximum Gasteiger partial charge on any atom is 0.178 e. The van der Waals surface area contributed by atoms with Gasteiger partial charge in [-0.15, -0.1) is 0 Å². The molecule has 0 aliphatic rings. The summed E-state index contributed by atoms with van der Waals surface area (Å²) in [5.41, 5.74) is 8.38. The zero-order valence-electron chi connectivity index (χ0n) is 5.64. The van der Waals surface area contributed by atoms with Crippen LogP contribution in [0.3, 0.4) is 0 Å². The van der Waals surface area contributed by atoms with Gasteiger partial charge in [0.15, 0.2) is 5.43 Å². The molecule has 0 amide bonds. The van der Waals surface area contributed by atoms with E-state index in [-0.39, 0.29) is 5.43 Å². The Kier molecular flexibility index (Phi) is 2.25. The molecular weight excluding hydrogens is 142 g/mol. The first-order valence-electron chi connectivity index (χ1n) is 2.98. The van der Waals surface area contributed by atoms with Crippen molar-refractivity contribution < 1.29 is 0 Å². The molecule has 0 spiro atoms. The van der Waals surface area contributed by atoms with E-state index in [1.165, 1.54) is 18.2 Å². The highest BCUT2D eigenvalue weighted by Gasteiger charge is 1.82. The average molecular weight is 147 g/mol. The molecule has 0 bridgehead atoms. The molecule has 0 unspecified atom stereocenters. The molecule has 0 aliphatic carbocycles. The summed E-state index contributed by atoms with van der Waals surface area (Å²) in [7, 11) is 0. The van der Waals surface area contributed by atoms with E-state index in [0.29, 0.717) is 5.69 Å². The van der Waals surface area contributed by atoms with Gasteiger partial charge in [-0.1, -0.05) is 17.2 Å². The van der Waals surface area contributed by atoms with Crippen molar-refractivity contribution in [2.24, 2.45) is 5.11 Å². The zero-order chi connectivity index (χ0) is 8.10. The molecule has 0 aromatic heterocycles. The van der Waals surface area contributed by atoms with Crippen LogP contribution in [-0.4, -0.2) is 0 Å². The summed E-state index contributed by atoms with van der Waals surface area (Å²) in [6, 6.07) is 7.34. The van der Waals surface area contributed by atoms with Gasteiger partial charge in [0.05, 0.1) is 0 Å². The Morgan fingerprint density at radius 1 is 1.27 bits per heavy atom. The van der Waals surface area contributed by atoms with Crippen molar-refractivity contribution in [3.8, 4) is 0 Å². The Hall–Kier alpha value is -1.80. The van der Waals surface area contributed by atoms with Gasteiger partial charge in [-0.25, -0.2) is 0 Å². The van der Waals surface area contributed by atoms with E-state index >= 15 is 0 Å². The van der Waals surface area contributed by atoms with E-state index < -0.39 is 0 Å². The molecule has 11 heavy (non-hydrogen) atoms. The lowest BCUT2D eigenvalue weighted by Crippen LogP contribution is -1.87. The van der Waals surface area contributed by atoms with Crippen LogP contribution >= 0.6 is 0 Å². The van der Waals surface area contributed by atoms with Crippen molar-refractivity contribution in [3.63, 3.8) is 0 Å². The second kappa shape index (κ2) is 3.39. The van der Waals surface area contributed by atoms with E-state index in [0.717, 1.165) is 0 Å². The minimum absolute atomic E-state index is 0.107. The fourth-order valence-electron chi connectivity index (χ4n) is 0.638. The fraction of sp³-hybridized carbons (Fsp3) is 0. The van der Waals surface area contributed by atoms with Crippen LogP contribution in [0.4, 0.5) is 5.69 Å². The SMILES string of the molecule is [N-]=[N+]=Nc1cccc(=O)cc1. The smallest absolute Gasteiger partial charge is 0.178 e. The molecule has 0 saturated heterocycles. The summed E-state index contributed by atoms with van der Waals surface area (Å²) in [6.45, 7) is 0. The van der Waals surface area contributed by atoms with Gasteiger partial charge in [-0.3, -0.25) is 4.79 Å². The highest BCUT2D eigenvalue weighted by atomic mass is 16.1. The monoisotopic (exact) mass is 147 g/mol. The summed E-state index contributed by atoms with van der Waals surface area (Å²) in [5.74, 6) is 0. The predicted octanol–water partition coefficient (Wildman–Crippen LogP) is 1.99. The van der Waals surface area contributed by atoms with Crippen molar-refractivity contribution in [2.45, 2.75) is 0 Å². The first-order valence-corrected chi connectivity index (χ1v) is 2.98. The normalized spacial score (nSPS) is 8.36. The number of hydrogen-bond acceptors (Lipinski definition) is 2. The second-order valence-corrected chi connectivity index (χ2v) is 1.88. The Bertz CT molecular complexity index is 355. The molecular formula is C7H5N3O. The maximum absolute atomic E-state index is 10.7. The first kappa shape index (κ1) is 7.31. The van der Waals surface area contributed by atoms with Crippen molar-refractivity contribution in [2.75, 3.05) is 0 Å². The quantitative estimate of drug-likeness (QED) is 0.340. The van der Waals surface area contributed by atoms with Gasteiger partial charge in [0.25, 0.3) is 0 Å². The third-order valence-electron chi connectivity index (χ3n) is 1.11. The molecule has 1 aromatic carbocycles. The van der Waals surface area contributed by atoms with Crippen molar-refractivity contribution in [3.05, 3.63) is 51.0 Å². The van der Waals surface area contributed by atoms with E-state index in [9.17, 15) is 4.79 Å². The van der Waals surface area contributed by atoms with Gasteiger partial charge in [-0.05, 0) is 23.7 Å². The van der Waals surface area contributed by atoms with Crippen molar-refractivity contribution in [1.29, 1.82) is 0 Å². The minimum Gasteiger partial charge on any atom is -0.290 e. The van der Waals surface area contributed by atoms with Crippen molar-refractivity contribution >= 4 is 5.69 Å². The van der Waals surface area contributed by atoms with E-state index in [1.807, 2.05) is 0 Å². The number of hydrogen-bond donors (Lipinski definition) is 0. The van der Waals surface area contributed by atoms with Crippen LogP contribution in [0.2, 0.25) is 0 Å². The molecule has 1 rings (SSSR count). The molecule has 0 aliphatic heterocycles. The molecule has 1 aromatic rings. The highest BCUT2D eigenvalue weighted by Crippen LogP contribution is 2.06. The molecule has 54 valence electrons. The Balaban J connectivity index is 3.25. The molecule has 0 saturated carbocycles. The molecule has 0 N–H and O–H groups in total. The molecule has 0 atom stereocenters. The Morgan fingerprint density at radius 2 is 2.09 bits per heavy atom. The maximum atomic E-state index is 10.7. The second-order valence-electron chi connectivity index (χ2n) is 1.88. The number of azide groups is 1. The van der Waals surface area contributed by atoms with E-state index in [2.05, 4.69) is 10.0 Å². The lowest BCUT2D eigenvalue weighted by atomic mass is 10.4. The third kappa shape index (κ3) is 2.12. The lowest BCUT2D eigenvalue weighted by Gasteiger charge is -1.76. The lowest BCUT2D eigenvalue weighted by molar-refractivity contribution is 1.50. The number of rotatable bonds is 1. The largest absolute Gasteiger partial charge is 0.290 e. The molecule has 0 heterocycles. The summed E-state index contributed by atoms with van der Waals surface area (Å²) in [4.78, 5) is 13.3. The van der Waals surface area contributed by atoms with Crippen LogP contribution < -0.4 is 5.43 Å². The van der Waals surface area contributed by atoms with E-state index in [4.69, 9.17) is 5.53 Å². The standard InChI is InChI=1S/C7H5N3O/c8-10-9-6-2-1-3-7(11)5-4-6/h1-5H. The Morgan fingerprint density at radius 3 is 2.82 bits per heavy atom. The average Bonchev–Trinajstić information content (AvgIpc) is 2.17. The summed E-state index contributed by atoms with van der Waals surface area (Å²) in [5, 5.41) is 3.33. The molecule has 4 heteroatoms. The van der Waals surface area contributed by atoms with Gasteiger partial charge < -0.3 is 0 Å². The molecule has 4 nitrogen and oxygen atoms in total. The van der Waals surface area contributed by atoms with Gasteiger partial charge in [-0.2, -0.15) is 0 Å². The summed E-state index contributed by atoms with van der Waals surface area (Å²) < 4.78 is 0. The van der Waals surface area contributed by atoms with Crippen LogP contribution in [0.1, 0.15) is 0 Å². The molecule has 0 radical (unpaired) electrons. The third-order valence-corrected chi connectivity index (χ3v) is 1.11. The highest BCUT2D eigenvalue weighted by molar-refractivity contribution is 5.34. The summed E-state index contributed by atoms with van der Waals surface area (Å²) >= 11 is 0. The van der Waals surface area contributed by atoms with Crippen LogP contribution in [0.15, 0.2) is 40.2 Å². The van der Waals surface area contributed by atoms with Gasteiger partial charge in [0.2, 0.25) is 0 Å². The summed E-state index contributed by atoms with van der Waals surface area (Å²) in [6.07, 6.45) is 0. The zero-order valence-corrected chi connectivity index (χ0v) is 5.64.